The van der Waals surface area contributed by atoms with Crippen LogP contribution in [0.4, 0.5) is 0 Å². The van der Waals surface area contributed by atoms with Crippen molar-refractivity contribution in [3.63, 3.8) is 0 Å². The van der Waals surface area contributed by atoms with Gasteiger partial charge in [0.1, 0.15) is 5.75 Å². The molecular weight excluding hydrogens is 326 g/mol. The molecule has 0 aliphatic rings. The lowest BCUT2D eigenvalue weighted by molar-refractivity contribution is 0.0796. The van der Waals surface area contributed by atoms with Crippen molar-refractivity contribution in [1.82, 2.24) is 14.9 Å². The SMILES string of the molecule is COc1ccc(CCN(C)C(=O)c2ccc3nc(C)c(C)nc3c2)cc1. The number of amides is 1. The molecular formula is C21H23N3O2. The van der Waals surface area contributed by atoms with Gasteiger partial charge in [0.2, 0.25) is 0 Å². The summed E-state index contributed by atoms with van der Waals surface area (Å²) in [4.78, 5) is 23.5. The van der Waals surface area contributed by atoms with Crippen LogP contribution in [0, 0.1) is 13.8 Å². The molecule has 0 atom stereocenters. The quantitative estimate of drug-likeness (QED) is 0.707. The molecule has 0 unspecified atom stereocenters. The number of nitrogens with zero attached hydrogens (tertiary/aromatic N) is 3. The standard InChI is InChI=1S/C21H23N3O2/c1-14-15(2)23-20-13-17(7-10-19(20)22-14)21(25)24(3)12-11-16-5-8-18(26-4)9-6-16/h5-10,13H,11-12H2,1-4H3. The van der Waals surface area contributed by atoms with Gasteiger partial charge in [-0.2, -0.15) is 0 Å². The van der Waals surface area contributed by atoms with Gasteiger partial charge >= 0.3 is 0 Å². The highest BCUT2D eigenvalue weighted by molar-refractivity contribution is 5.97. The first-order valence-electron chi connectivity index (χ1n) is 8.61. The first kappa shape index (κ1) is 17.9. The second-order valence-electron chi connectivity index (χ2n) is 6.42. The first-order chi connectivity index (χ1) is 12.5. The number of carbonyl (C=O) groups excluding carboxylic acids is 1. The minimum atomic E-state index is -0.0135. The van der Waals surface area contributed by atoms with Crippen LogP contribution >= 0.6 is 0 Å². The zero-order valence-electron chi connectivity index (χ0n) is 15.6. The van der Waals surface area contributed by atoms with Crippen LogP contribution in [0.15, 0.2) is 42.5 Å². The second-order valence-corrected chi connectivity index (χ2v) is 6.42. The summed E-state index contributed by atoms with van der Waals surface area (Å²) in [5, 5.41) is 0. The Morgan fingerprint density at radius 1 is 1.00 bits per heavy atom. The molecule has 1 heterocycles. The minimum Gasteiger partial charge on any atom is -0.497 e. The Hall–Kier alpha value is -2.95. The van der Waals surface area contributed by atoms with Crippen molar-refractivity contribution in [3.8, 4) is 5.75 Å². The van der Waals surface area contributed by atoms with Gasteiger partial charge < -0.3 is 9.64 Å². The van der Waals surface area contributed by atoms with E-state index in [1.165, 1.54) is 5.56 Å². The molecule has 0 radical (unpaired) electrons. The molecule has 0 aliphatic heterocycles. The van der Waals surface area contributed by atoms with E-state index in [1.54, 1.807) is 12.0 Å². The predicted molar refractivity (Wildman–Crippen MR) is 103 cm³/mol. The van der Waals surface area contributed by atoms with E-state index in [4.69, 9.17) is 4.74 Å². The largest absolute Gasteiger partial charge is 0.497 e. The van der Waals surface area contributed by atoms with Gasteiger partial charge in [0.15, 0.2) is 0 Å². The van der Waals surface area contributed by atoms with E-state index in [0.717, 1.165) is 34.6 Å². The van der Waals surface area contributed by atoms with Crippen molar-refractivity contribution in [2.75, 3.05) is 20.7 Å². The number of hydrogen-bond donors (Lipinski definition) is 0. The summed E-state index contributed by atoms with van der Waals surface area (Å²) in [6, 6.07) is 13.4. The molecule has 1 aromatic heterocycles. The Morgan fingerprint density at radius 3 is 2.31 bits per heavy atom. The number of methoxy groups -OCH3 is 1. The van der Waals surface area contributed by atoms with Crippen molar-refractivity contribution in [1.29, 1.82) is 0 Å². The van der Waals surface area contributed by atoms with Crippen molar-refractivity contribution in [2.45, 2.75) is 20.3 Å². The number of aryl methyl sites for hydroxylation is 2. The van der Waals surface area contributed by atoms with E-state index in [2.05, 4.69) is 9.97 Å². The lowest BCUT2D eigenvalue weighted by Crippen LogP contribution is -2.28. The maximum atomic E-state index is 12.7. The Morgan fingerprint density at radius 2 is 1.65 bits per heavy atom. The van der Waals surface area contributed by atoms with Gasteiger partial charge in [-0.15, -0.1) is 0 Å². The number of fused-ring (bicyclic) bond motifs is 1. The lowest BCUT2D eigenvalue weighted by Gasteiger charge is -2.17. The number of rotatable bonds is 5. The summed E-state index contributed by atoms with van der Waals surface area (Å²) in [6.45, 7) is 4.51. The molecule has 1 amide bonds. The highest BCUT2D eigenvalue weighted by atomic mass is 16.5. The van der Waals surface area contributed by atoms with Gasteiger partial charge in [-0.3, -0.25) is 4.79 Å². The number of ether oxygens (including phenoxy) is 1. The van der Waals surface area contributed by atoms with E-state index in [1.807, 2.05) is 63.4 Å². The van der Waals surface area contributed by atoms with E-state index in [-0.39, 0.29) is 5.91 Å². The van der Waals surface area contributed by atoms with E-state index in [0.29, 0.717) is 12.1 Å². The third-order valence-corrected chi connectivity index (χ3v) is 4.56. The molecule has 0 aliphatic carbocycles. The average Bonchev–Trinajstić information content (AvgIpc) is 2.66. The van der Waals surface area contributed by atoms with Crippen LogP contribution in [0.25, 0.3) is 11.0 Å². The predicted octanol–water partition coefficient (Wildman–Crippen LogP) is 3.57. The Balaban J connectivity index is 1.71. The number of aromatic nitrogens is 2. The number of benzene rings is 2. The maximum Gasteiger partial charge on any atom is 0.253 e. The fourth-order valence-corrected chi connectivity index (χ4v) is 2.77. The second kappa shape index (κ2) is 7.52. The Bertz CT molecular complexity index is 936. The molecule has 0 N–H and O–H groups in total. The van der Waals surface area contributed by atoms with E-state index >= 15 is 0 Å². The minimum absolute atomic E-state index is 0.0135. The summed E-state index contributed by atoms with van der Waals surface area (Å²) in [7, 11) is 3.47. The molecule has 2 aromatic carbocycles. The molecule has 3 rings (SSSR count). The normalized spacial score (nSPS) is 10.8. The fraction of sp³-hybridized carbons (Fsp3) is 0.286. The molecule has 26 heavy (non-hydrogen) atoms. The van der Waals surface area contributed by atoms with Crippen LogP contribution in [0.2, 0.25) is 0 Å². The van der Waals surface area contributed by atoms with Crippen LogP contribution in [-0.2, 0) is 6.42 Å². The molecule has 0 saturated carbocycles. The zero-order chi connectivity index (χ0) is 18.7. The van der Waals surface area contributed by atoms with Gasteiger partial charge in [0.25, 0.3) is 5.91 Å². The van der Waals surface area contributed by atoms with Gasteiger partial charge in [-0.05, 0) is 56.2 Å². The highest BCUT2D eigenvalue weighted by Crippen LogP contribution is 2.16. The van der Waals surface area contributed by atoms with Crippen molar-refractivity contribution in [2.24, 2.45) is 0 Å². The van der Waals surface area contributed by atoms with Gasteiger partial charge in [0, 0.05) is 19.2 Å². The number of hydrogen-bond acceptors (Lipinski definition) is 4. The third-order valence-electron chi connectivity index (χ3n) is 4.56. The summed E-state index contributed by atoms with van der Waals surface area (Å²) in [5.74, 6) is 0.821. The molecule has 0 fully saturated rings. The molecule has 0 saturated heterocycles. The smallest absolute Gasteiger partial charge is 0.253 e. The topological polar surface area (TPSA) is 55.3 Å². The lowest BCUT2D eigenvalue weighted by atomic mass is 10.1. The van der Waals surface area contributed by atoms with Crippen molar-refractivity contribution < 1.29 is 9.53 Å². The van der Waals surface area contributed by atoms with Gasteiger partial charge in [0.05, 0.1) is 29.5 Å². The molecule has 134 valence electrons. The van der Waals surface area contributed by atoms with Crippen LogP contribution < -0.4 is 4.74 Å². The summed E-state index contributed by atoms with van der Waals surface area (Å²) < 4.78 is 5.17. The molecule has 5 heteroatoms. The molecule has 0 bridgehead atoms. The van der Waals surface area contributed by atoms with Gasteiger partial charge in [-0.1, -0.05) is 12.1 Å². The van der Waals surface area contributed by atoms with Crippen molar-refractivity contribution >= 4 is 16.9 Å². The first-order valence-corrected chi connectivity index (χ1v) is 8.61. The van der Waals surface area contributed by atoms with Crippen molar-refractivity contribution in [3.05, 3.63) is 65.0 Å². The summed E-state index contributed by atoms with van der Waals surface area (Å²) in [6.07, 6.45) is 0.790. The summed E-state index contributed by atoms with van der Waals surface area (Å²) in [5.41, 5.74) is 5.16. The van der Waals surface area contributed by atoms with E-state index < -0.39 is 0 Å². The van der Waals surface area contributed by atoms with Gasteiger partial charge in [-0.25, -0.2) is 9.97 Å². The Labute approximate surface area is 153 Å². The Kier molecular flexibility index (Phi) is 5.16. The number of likely N-dealkylation sites (N-methyl/N-ethyl adjacent to an activating group) is 1. The number of carbonyl (C=O) groups is 1. The molecule has 0 spiro atoms. The molecule has 3 aromatic rings. The third kappa shape index (κ3) is 3.82. The van der Waals surface area contributed by atoms with Crippen LogP contribution in [-0.4, -0.2) is 41.5 Å². The monoisotopic (exact) mass is 349 g/mol. The highest BCUT2D eigenvalue weighted by Gasteiger charge is 2.13. The van der Waals surface area contributed by atoms with E-state index in [9.17, 15) is 4.79 Å². The van der Waals surface area contributed by atoms with Crippen LogP contribution in [0.1, 0.15) is 27.3 Å². The fourth-order valence-electron chi connectivity index (χ4n) is 2.77. The maximum absolute atomic E-state index is 12.7. The molecule has 5 nitrogen and oxygen atoms in total. The summed E-state index contributed by atoms with van der Waals surface area (Å²) >= 11 is 0. The van der Waals surface area contributed by atoms with Crippen LogP contribution in [0.5, 0.6) is 5.75 Å². The van der Waals surface area contributed by atoms with Crippen LogP contribution in [0.3, 0.4) is 0 Å². The zero-order valence-corrected chi connectivity index (χ0v) is 15.6. The average molecular weight is 349 g/mol.